The molecule has 0 aromatic carbocycles. The van der Waals surface area contributed by atoms with Gasteiger partial charge in [-0.3, -0.25) is 4.79 Å². The maximum atomic E-state index is 10.9. The summed E-state index contributed by atoms with van der Waals surface area (Å²) in [6.07, 6.45) is 2.66. The van der Waals surface area contributed by atoms with Gasteiger partial charge in [0.1, 0.15) is 0 Å². The second-order valence-electron chi connectivity index (χ2n) is 2.06. The van der Waals surface area contributed by atoms with Gasteiger partial charge in [-0.15, -0.1) is 0 Å². The summed E-state index contributed by atoms with van der Waals surface area (Å²) in [6.45, 7) is 3.18. The summed E-state index contributed by atoms with van der Waals surface area (Å²) in [5.41, 5.74) is 0. The molecule has 1 aliphatic rings. The van der Waals surface area contributed by atoms with Crippen LogP contribution in [0.25, 0.3) is 0 Å². The Morgan fingerprint density at radius 1 is 1.90 bits per heavy atom. The molecule has 1 rings (SSSR count). The highest BCUT2D eigenvalue weighted by Gasteiger charge is 2.12. The Morgan fingerprint density at radius 2 is 2.70 bits per heavy atom. The Kier molecular flexibility index (Phi) is 2.31. The molecule has 1 aliphatic heterocycles. The number of amides is 1. The predicted molar refractivity (Wildman–Crippen MR) is 37.3 cm³/mol. The average Bonchev–Trinajstić information content (AvgIpc) is 2.38. The first-order valence-corrected chi connectivity index (χ1v) is 3.45. The Labute approximate surface area is 60.1 Å². The molecule has 1 amide bonds. The van der Waals surface area contributed by atoms with Gasteiger partial charge in [0.25, 0.3) is 5.91 Å². The van der Waals surface area contributed by atoms with Gasteiger partial charge < -0.3 is 10.1 Å². The SMILES string of the molecule is CCNC(=O)C1=CCCO1. The van der Waals surface area contributed by atoms with Gasteiger partial charge >= 0.3 is 0 Å². The second-order valence-corrected chi connectivity index (χ2v) is 2.06. The van der Waals surface area contributed by atoms with Crippen molar-refractivity contribution in [1.29, 1.82) is 0 Å². The predicted octanol–water partition coefficient (Wildman–Crippen LogP) is 0.427. The van der Waals surface area contributed by atoms with Crippen LogP contribution in [0.15, 0.2) is 11.8 Å². The highest BCUT2D eigenvalue weighted by atomic mass is 16.5. The van der Waals surface area contributed by atoms with Crippen LogP contribution in [0.3, 0.4) is 0 Å². The summed E-state index contributed by atoms with van der Waals surface area (Å²) >= 11 is 0. The molecular weight excluding hydrogens is 130 g/mol. The lowest BCUT2D eigenvalue weighted by molar-refractivity contribution is -0.120. The molecule has 1 heterocycles. The lowest BCUT2D eigenvalue weighted by Gasteiger charge is -2.01. The van der Waals surface area contributed by atoms with E-state index >= 15 is 0 Å². The first kappa shape index (κ1) is 7.12. The Hall–Kier alpha value is -0.990. The molecule has 0 aromatic rings. The monoisotopic (exact) mass is 141 g/mol. The summed E-state index contributed by atoms with van der Waals surface area (Å²) in [5.74, 6) is 0.377. The third-order valence-corrected chi connectivity index (χ3v) is 1.27. The van der Waals surface area contributed by atoms with Gasteiger partial charge in [0.05, 0.1) is 6.61 Å². The van der Waals surface area contributed by atoms with Gasteiger partial charge in [-0.05, 0) is 13.0 Å². The molecule has 0 atom stereocenters. The molecule has 0 saturated heterocycles. The van der Waals surface area contributed by atoms with Crippen molar-refractivity contribution in [3.8, 4) is 0 Å². The molecule has 56 valence electrons. The van der Waals surface area contributed by atoms with Crippen LogP contribution in [0.2, 0.25) is 0 Å². The van der Waals surface area contributed by atoms with Crippen LogP contribution in [-0.2, 0) is 9.53 Å². The van der Waals surface area contributed by atoms with Crippen LogP contribution in [0.1, 0.15) is 13.3 Å². The third-order valence-electron chi connectivity index (χ3n) is 1.27. The van der Waals surface area contributed by atoms with E-state index in [4.69, 9.17) is 4.74 Å². The number of likely N-dealkylation sites (N-methyl/N-ethyl adjacent to an activating group) is 1. The lowest BCUT2D eigenvalue weighted by Crippen LogP contribution is -2.24. The van der Waals surface area contributed by atoms with Crippen LogP contribution < -0.4 is 5.32 Å². The van der Waals surface area contributed by atoms with E-state index in [9.17, 15) is 4.79 Å². The molecular formula is C7H11NO2. The molecule has 0 unspecified atom stereocenters. The van der Waals surface area contributed by atoms with Crippen LogP contribution >= 0.6 is 0 Å². The first-order chi connectivity index (χ1) is 4.84. The summed E-state index contributed by atoms with van der Waals surface area (Å²) in [5, 5.41) is 2.66. The number of rotatable bonds is 2. The van der Waals surface area contributed by atoms with Gasteiger partial charge in [-0.2, -0.15) is 0 Å². The molecule has 0 bridgehead atoms. The quantitative estimate of drug-likeness (QED) is 0.605. The highest BCUT2D eigenvalue weighted by Crippen LogP contribution is 2.07. The second kappa shape index (κ2) is 3.25. The van der Waals surface area contributed by atoms with Crippen molar-refractivity contribution in [3.05, 3.63) is 11.8 Å². The van der Waals surface area contributed by atoms with E-state index in [0.717, 1.165) is 6.42 Å². The molecule has 0 spiro atoms. The van der Waals surface area contributed by atoms with Gasteiger partial charge in [-0.1, -0.05) is 0 Å². The Balaban J connectivity index is 2.40. The van der Waals surface area contributed by atoms with E-state index in [2.05, 4.69) is 5.32 Å². The fourth-order valence-electron chi connectivity index (χ4n) is 0.824. The number of hydrogen-bond donors (Lipinski definition) is 1. The van der Waals surface area contributed by atoms with Gasteiger partial charge in [0.2, 0.25) is 0 Å². The highest BCUT2D eigenvalue weighted by molar-refractivity contribution is 5.91. The minimum atomic E-state index is -0.0972. The van der Waals surface area contributed by atoms with E-state index in [0.29, 0.717) is 18.9 Å². The molecule has 0 fully saturated rings. The molecule has 3 nitrogen and oxygen atoms in total. The number of carbonyl (C=O) groups is 1. The number of nitrogens with one attached hydrogen (secondary N) is 1. The Bertz CT molecular complexity index is 163. The van der Waals surface area contributed by atoms with E-state index in [1.54, 1.807) is 0 Å². The summed E-state index contributed by atoms with van der Waals surface area (Å²) in [7, 11) is 0. The maximum absolute atomic E-state index is 10.9. The van der Waals surface area contributed by atoms with Crippen molar-refractivity contribution in [2.24, 2.45) is 0 Å². The molecule has 0 radical (unpaired) electrons. The van der Waals surface area contributed by atoms with Gasteiger partial charge in [-0.25, -0.2) is 0 Å². The van der Waals surface area contributed by atoms with E-state index in [1.165, 1.54) is 0 Å². The van der Waals surface area contributed by atoms with Crippen LogP contribution in [0, 0.1) is 0 Å². The fourth-order valence-corrected chi connectivity index (χ4v) is 0.824. The summed E-state index contributed by atoms with van der Waals surface area (Å²) in [4.78, 5) is 10.9. The van der Waals surface area contributed by atoms with Crippen LogP contribution in [0.4, 0.5) is 0 Å². The van der Waals surface area contributed by atoms with Crippen molar-refractivity contribution >= 4 is 5.91 Å². The van der Waals surface area contributed by atoms with Crippen molar-refractivity contribution < 1.29 is 9.53 Å². The molecule has 0 aromatic heterocycles. The Morgan fingerprint density at radius 3 is 3.20 bits per heavy atom. The zero-order valence-corrected chi connectivity index (χ0v) is 6.02. The minimum Gasteiger partial charge on any atom is -0.488 e. The van der Waals surface area contributed by atoms with Crippen LogP contribution in [0.5, 0.6) is 0 Å². The fraction of sp³-hybridized carbons (Fsp3) is 0.571. The smallest absolute Gasteiger partial charge is 0.285 e. The van der Waals surface area contributed by atoms with Crippen molar-refractivity contribution in [3.63, 3.8) is 0 Å². The normalized spacial score (nSPS) is 15.9. The number of carbonyl (C=O) groups excluding carboxylic acids is 1. The minimum absolute atomic E-state index is 0.0972. The molecule has 3 heteroatoms. The van der Waals surface area contributed by atoms with E-state index < -0.39 is 0 Å². The van der Waals surface area contributed by atoms with Gasteiger partial charge in [0, 0.05) is 13.0 Å². The zero-order valence-electron chi connectivity index (χ0n) is 6.02. The number of hydrogen-bond acceptors (Lipinski definition) is 2. The third kappa shape index (κ3) is 1.50. The lowest BCUT2D eigenvalue weighted by atomic mass is 10.4. The number of ether oxygens (including phenoxy) is 1. The van der Waals surface area contributed by atoms with E-state index in [-0.39, 0.29) is 5.91 Å². The summed E-state index contributed by atoms with van der Waals surface area (Å²) < 4.78 is 5.02. The first-order valence-electron chi connectivity index (χ1n) is 3.45. The molecule has 0 saturated carbocycles. The molecule has 0 aliphatic carbocycles. The van der Waals surface area contributed by atoms with Crippen molar-refractivity contribution in [2.75, 3.05) is 13.2 Å². The average molecular weight is 141 g/mol. The largest absolute Gasteiger partial charge is 0.488 e. The topological polar surface area (TPSA) is 38.3 Å². The van der Waals surface area contributed by atoms with Crippen LogP contribution in [-0.4, -0.2) is 19.1 Å². The summed E-state index contributed by atoms with van der Waals surface area (Å²) in [6, 6.07) is 0. The standard InChI is InChI=1S/C7H11NO2/c1-2-8-7(9)6-4-3-5-10-6/h4H,2-3,5H2,1H3,(H,8,9). The molecule has 1 N–H and O–H groups in total. The van der Waals surface area contributed by atoms with Crippen molar-refractivity contribution in [2.45, 2.75) is 13.3 Å². The van der Waals surface area contributed by atoms with Gasteiger partial charge in [0.15, 0.2) is 5.76 Å². The van der Waals surface area contributed by atoms with E-state index in [1.807, 2.05) is 13.0 Å². The maximum Gasteiger partial charge on any atom is 0.285 e. The molecule has 10 heavy (non-hydrogen) atoms. The zero-order chi connectivity index (χ0) is 7.40. The van der Waals surface area contributed by atoms with Crippen molar-refractivity contribution in [1.82, 2.24) is 5.32 Å².